The van der Waals surface area contributed by atoms with Gasteiger partial charge in [-0.25, -0.2) is 13.2 Å². The summed E-state index contributed by atoms with van der Waals surface area (Å²) < 4.78 is 45.8. The number of aliphatic hydroxyl groups is 1. The molecule has 0 aliphatic carbocycles. The predicted octanol–water partition coefficient (Wildman–Crippen LogP) is 5.71. The fourth-order valence-electron chi connectivity index (χ4n) is 5.54. The van der Waals surface area contributed by atoms with Gasteiger partial charge in [0.05, 0.1) is 35.3 Å². The molecule has 3 N–H and O–H groups in total. The van der Waals surface area contributed by atoms with Gasteiger partial charge in [0.25, 0.3) is 5.91 Å². The van der Waals surface area contributed by atoms with Gasteiger partial charge in [0.15, 0.2) is 5.76 Å². The molecule has 4 rings (SSSR count). The highest BCUT2D eigenvalue weighted by Crippen LogP contribution is 2.29. The fourth-order valence-corrected chi connectivity index (χ4v) is 6.85. The van der Waals surface area contributed by atoms with Crippen molar-refractivity contribution in [1.29, 1.82) is 0 Å². The number of aryl methyl sites for hydroxylation is 2. The number of benzene rings is 2. The number of urea groups is 1. The zero-order chi connectivity index (χ0) is 35.9. The van der Waals surface area contributed by atoms with Crippen LogP contribution in [0.25, 0.3) is 0 Å². The molecule has 1 aliphatic rings. The van der Waals surface area contributed by atoms with Gasteiger partial charge in [0.2, 0.25) is 10.0 Å². The lowest BCUT2D eigenvalue weighted by molar-refractivity contribution is -0.00833. The van der Waals surface area contributed by atoms with Crippen LogP contribution in [-0.4, -0.2) is 91.4 Å². The van der Waals surface area contributed by atoms with Crippen molar-refractivity contribution in [1.82, 2.24) is 14.4 Å². The van der Waals surface area contributed by atoms with Crippen molar-refractivity contribution in [3.05, 3.63) is 64.5 Å². The van der Waals surface area contributed by atoms with Crippen LogP contribution in [0.5, 0.6) is 5.75 Å². The summed E-state index contributed by atoms with van der Waals surface area (Å²) in [7, 11) is -2.36. The first-order chi connectivity index (χ1) is 23.2. The summed E-state index contributed by atoms with van der Waals surface area (Å²) in [6, 6.07) is 9.65. The van der Waals surface area contributed by atoms with Gasteiger partial charge < -0.3 is 34.6 Å². The standard InChI is InChI=1S/C34H46ClN5O8S/c1-21-18-40(22(2)20-41)33(42)29-17-27(36-34(43)37-32-24(4)38-48-25(32)5)12-15-30(29)47-23(3)9-7-8-16-46-31(21)19-39(6)49(44,45)28-13-10-26(35)11-14-28/h10-15,17,21-23,31,41H,7-9,16,18-20H2,1-6H3,(H2,36,37,43)/t21-,22+,23+,31-/m0/s1. The van der Waals surface area contributed by atoms with Crippen LogP contribution in [0.3, 0.4) is 0 Å². The molecule has 2 aromatic carbocycles. The van der Waals surface area contributed by atoms with E-state index in [-0.39, 0.29) is 42.2 Å². The quantitative estimate of drug-likeness (QED) is 0.265. The molecule has 2 heterocycles. The van der Waals surface area contributed by atoms with Crippen molar-refractivity contribution in [3.8, 4) is 5.75 Å². The molecule has 13 nitrogen and oxygen atoms in total. The second kappa shape index (κ2) is 16.8. The molecule has 0 radical (unpaired) electrons. The van der Waals surface area contributed by atoms with Gasteiger partial charge in [-0.1, -0.05) is 23.7 Å². The number of nitrogens with one attached hydrogen (secondary N) is 2. The summed E-state index contributed by atoms with van der Waals surface area (Å²) >= 11 is 5.98. The fraction of sp³-hybridized carbons (Fsp3) is 0.500. The summed E-state index contributed by atoms with van der Waals surface area (Å²) in [5.74, 6) is 0.0151. The van der Waals surface area contributed by atoms with Gasteiger partial charge in [-0.3, -0.25) is 4.79 Å². The molecule has 3 amide bonds. The predicted molar refractivity (Wildman–Crippen MR) is 187 cm³/mol. The summed E-state index contributed by atoms with van der Waals surface area (Å²) in [4.78, 5) is 28.9. The Balaban J connectivity index is 1.63. The first kappa shape index (κ1) is 38.1. The van der Waals surface area contributed by atoms with Crippen LogP contribution in [0.4, 0.5) is 16.2 Å². The topological polar surface area (TPSA) is 164 Å². The maximum Gasteiger partial charge on any atom is 0.323 e. The van der Waals surface area contributed by atoms with E-state index >= 15 is 0 Å². The smallest absolute Gasteiger partial charge is 0.323 e. The number of anilines is 2. The molecular formula is C34H46ClN5O8S. The minimum atomic E-state index is -3.86. The Morgan fingerprint density at radius 1 is 1.14 bits per heavy atom. The van der Waals surface area contributed by atoms with E-state index in [2.05, 4.69) is 15.8 Å². The van der Waals surface area contributed by atoms with Crippen LogP contribution in [0.1, 0.15) is 61.8 Å². The van der Waals surface area contributed by atoms with Gasteiger partial charge in [-0.2, -0.15) is 4.31 Å². The van der Waals surface area contributed by atoms with Crippen molar-refractivity contribution in [2.75, 3.05) is 44.0 Å². The average molecular weight is 720 g/mol. The van der Waals surface area contributed by atoms with E-state index in [1.54, 1.807) is 39.0 Å². The number of carbonyl (C=O) groups is 2. The Labute approximate surface area is 292 Å². The van der Waals surface area contributed by atoms with E-state index in [0.717, 1.165) is 12.8 Å². The molecule has 0 fully saturated rings. The van der Waals surface area contributed by atoms with Gasteiger partial charge in [0.1, 0.15) is 17.1 Å². The van der Waals surface area contributed by atoms with Gasteiger partial charge in [-0.15, -0.1) is 0 Å². The number of nitrogens with zero attached hydrogens (tertiary/aromatic N) is 3. The number of hydrogen-bond acceptors (Lipinski definition) is 9. The summed E-state index contributed by atoms with van der Waals surface area (Å²) in [6.07, 6.45) is 1.35. The van der Waals surface area contributed by atoms with Crippen LogP contribution in [0.2, 0.25) is 5.02 Å². The van der Waals surface area contributed by atoms with Crippen LogP contribution in [0.15, 0.2) is 51.9 Å². The van der Waals surface area contributed by atoms with E-state index < -0.39 is 34.1 Å². The lowest BCUT2D eigenvalue weighted by Crippen LogP contribution is -2.48. The van der Waals surface area contributed by atoms with Crippen LogP contribution in [0, 0.1) is 19.8 Å². The highest BCUT2D eigenvalue weighted by Gasteiger charge is 2.32. The maximum absolute atomic E-state index is 14.4. The molecule has 268 valence electrons. The number of likely N-dealkylation sites (N-methyl/N-ethyl adjacent to an activating group) is 1. The molecular weight excluding hydrogens is 674 g/mol. The molecule has 0 saturated heterocycles. The number of aliphatic hydroxyl groups excluding tert-OH is 1. The van der Waals surface area contributed by atoms with E-state index in [4.69, 9.17) is 25.6 Å². The zero-order valence-corrected chi connectivity index (χ0v) is 30.3. The monoisotopic (exact) mass is 719 g/mol. The van der Waals surface area contributed by atoms with E-state index in [1.165, 1.54) is 40.5 Å². The van der Waals surface area contributed by atoms with Gasteiger partial charge in [-0.05, 0) is 89.4 Å². The highest BCUT2D eigenvalue weighted by atomic mass is 35.5. The van der Waals surface area contributed by atoms with Crippen molar-refractivity contribution in [2.45, 2.75) is 77.0 Å². The Morgan fingerprint density at radius 3 is 2.51 bits per heavy atom. The number of carbonyl (C=O) groups excluding carboxylic acids is 2. The Morgan fingerprint density at radius 2 is 1.86 bits per heavy atom. The number of halogens is 1. The number of ether oxygens (including phenoxy) is 2. The summed E-state index contributed by atoms with van der Waals surface area (Å²) in [5, 5.41) is 20.0. The Hall–Kier alpha value is -3.69. The normalized spacial score (nSPS) is 20.2. The molecule has 0 unspecified atom stereocenters. The Bertz CT molecular complexity index is 1680. The van der Waals surface area contributed by atoms with E-state index in [1.807, 2.05) is 13.8 Å². The number of rotatable bonds is 8. The summed E-state index contributed by atoms with van der Waals surface area (Å²) in [5.41, 5.74) is 1.51. The number of amides is 3. The minimum Gasteiger partial charge on any atom is -0.490 e. The van der Waals surface area contributed by atoms with Gasteiger partial charge >= 0.3 is 6.03 Å². The summed E-state index contributed by atoms with van der Waals surface area (Å²) in [6.45, 7) is 9.16. The minimum absolute atomic E-state index is 0.0338. The largest absolute Gasteiger partial charge is 0.490 e. The number of hydrogen-bond donors (Lipinski definition) is 3. The van der Waals surface area contributed by atoms with E-state index in [9.17, 15) is 23.1 Å². The molecule has 0 bridgehead atoms. The van der Waals surface area contributed by atoms with Crippen molar-refractivity contribution >= 4 is 44.9 Å². The van der Waals surface area contributed by atoms with Crippen LogP contribution >= 0.6 is 11.6 Å². The average Bonchev–Trinajstić information content (AvgIpc) is 3.38. The second-order valence-corrected chi connectivity index (χ2v) is 15.0. The SMILES string of the molecule is Cc1noc(C)c1NC(=O)Nc1ccc2c(c1)C(=O)N([C@H](C)CO)C[C@H](C)[C@H](CN(C)S(=O)(=O)c1ccc(Cl)cc1)OCCCC[C@@H](C)O2. The second-order valence-electron chi connectivity index (χ2n) is 12.5. The molecule has 1 aromatic heterocycles. The van der Waals surface area contributed by atoms with Gasteiger partial charge in [0, 0.05) is 43.4 Å². The first-order valence-corrected chi connectivity index (χ1v) is 18.1. The van der Waals surface area contributed by atoms with Crippen molar-refractivity contribution < 1.29 is 37.1 Å². The first-order valence-electron chi connectivity index (χ1n) is 16.3. The third-order valence-electron chi connectivity index (χ3n) is 8.54. The number of aromatic nitrogens is 1. The van der Waals surface area contributed by atoms with Crippen molar-refractivity contribution in [2.24, 2.45) is 5.92 Å². The molecule has 0 spiro atoms. The zero-order valence-electron chi connectivity index (χ0n) is 28.7. The van der Waals surface area contributed by atoms with Crippen molar-refractivity contribution in [3.63, 3.8) is 0 Å². The molecule has 4 atom stereocenters. The Kier molecular flexibility index (Phi) is 13.1. The lowest BCUT2D eigenvalue weighted by Gasteiger charge is -2.35. The molecule has 49 heavy (non-hydrogen) atoms. The molecule has 15 heteroatoms. The molecule has 1 aliphatic heterocycles. The van der Waals surface area contributed by atoms with E-state index in [0.29, 0.717) is 46.6 Å². The molecule has 0 saturated carbocycles. The highest BCUT2D eigenvalue weighted by molar-refractivity contribution is 7.89. The molecule has 3 aromatic rings. The third-order valence-corrected chi connectivity index (χ3v) is 10.6. The number of sulfonamides is 1. The van der Waals surface area contributed by atoms with Crippen LogP contribution < -0.4 is 15.4 Å². The lowest BCUT2D eigenvalue weighted by atomic mass is 10.0. The third kappa shape index (κ3) is 9.73. The maximum atomic E-state index is 14.4. The number of fused-ring (bicyclic) bond motifs is 1. The van der Waals surface area contributed by atoms with Crippen LogP contribution in [-0.2, 0) is 14.8 Å².